The third-order valence-electron chi connectivity index (χ3n) is 4.19. The molecule has 1 aliphatic heterocycles. The van der Waals surface area contributed by atoms with Crippen LogP contribution in [0, 0.1) is 10.1 Å². The van der Waals surface area contributed by atoms with Crippen LogP contribution in [0.2, 0.25) is 0 Å². The van der Waals surface area contributed by atoms with Gasteiger partial charge in [0, 0.05) is 30.8 Å². The Hall–Kier alpha value is -1.46. The summed E-state index contributed by atoms with van der Waals surface area (Å²) in [5.41, 5.74) is 1.30. The Bertz CT molecular complexity index is 441. The zero-order valence-corrected chi connectivity index (χ0v) is 12.2. The first kappa shape index (κ1) is 14.9. The van der Waals surface area contributed by atoms with E-state index >= 15 is 0 Å². The van der Waals surface area contributed by atoms with E-state index in [1.54, 1.807) is 12.1 Å². The quantitative estimate of drug-likeness (QED) is 0.664. The van der Waals surface area contributed by atoms with E-state index in [-0.39, 0.29) is 16.7 Å². The second kappa shape index (κ2) is 6.81. The average Bonchev–Trinajstić information content (AvgIpc) is 2.49. The van der Waals surface area contributed by atoms with Crippen molar-refractivity contribution in [1.29, 1.82) is 0 Å². The first-order valence-corrected chi connectivity index (χ1v) is 7.34. The smallest absolute Gasteiger partial charge is 0.269 e. The van der Waals surface area contributed by atoms with Gasteiger partial charge in [0.2, 0.25) is 0 Å². The third-order valence-corrected chi connectivity index (χ3v) is 4.19. The number of likely N-dealkylation sites (N-methyl/N-ethyl adjacent to an activating group) is 1. The Morgan fingerprint density at radius 3 is 2.65 bits per heavy atom. The van der Waals surface area contributed by atoms with Gasteiger partial charge >= 0.3 is 0 Å². The fraction of sp³-hybridized carbons (Fsp3) is 0.600. The highest BCUT2D eigenvalue weighted by Gasteiger charge is 2.24. The molecule has 1 aliphatic rings. The maximum atomic E-state index is 10.7. The minimum atomic E-state index is -0.350. The van der Waals surface area contributed by atoms with Gasteiger partial charge < -0.3 is 5.32 Å². The van der Waals surface area contributed by atoms with Crippen molar-refractivity contribution >= 4 is 5.69 Å². The highest BCUT2D eigenvalue weighted by atomic mass is 16.6. The van der Waals surface area contributed by atoms with E-state index in [1.165, 1.54) is 12.8 Å². The monoisotopic (exact) mass is 277 g/mol. The van der Waals surface area contributed by atoms with Crippen molar-refractivity contribution in [1.82, 2.24) is 10.2 Å². The minimum Gasteiger partial charge on any atom is -0.315 e. The molecule has 0 aromatic heterocycles. The molecule has 0 radical (unpaired) electrons. The van der Waals surface area contributed by atoms with Crippen LogP contribution in [0.5, 0.6) is 0 Å². The Balaban J connectivity index is 2.10. The number of nitro groups is 1. The molecule has 0 aliphatic carbocycles. The van der Waals surface area contributed by atoms with Gasteiger partial charge in [0.1, 0.15) is 0 Å². The topological polar surface area (TPSA) is 58.4 Å². The van der Waals surface area contributed by atoms with Crippen LogP contribution in [-0.4, -0.2) is 35.5 Å². The van der Waals surface area contributed by atoms with Crippen LogP contribution in [0.3, 0.4) is 0 Å². The number of hydrogen-bond donors (Lipinski definition) is 1. The summed E-state index contributed by atoms with van der Waals surface area (Å²) in [6.07, 6.45) is 2.44. The van der Waals surface area contributed by atoms with E-state index < -0.39 is 0 Å². The van der Waals surface area contributed by atoms with Crippen molar-refractivity contribution in [3.8, 4) is 0 Å². The molecule has 20 heavy (non-hydrogen) atoms. The molecule has 5 heteroatoms. The number of non-ortho nitro benzene ring substituents is 1. The van der Waals surface area contributed by atoms with Crippen LogP contribution in [0.25, 0.3) is 0 Å². The molecular formula is C15H23N3O2. The summed E-state index contributed by atoms with van der Waals surface area (Å²) in [5.74, 6) is 0. The van der Waals surface area contributed by atoms with Crippen LogP contribution >= 0.6 is 0 Å². The molecule has 5 nitrogen and oxygen atoms in total. The predicted molar refractivity (Wildman–Crippen MR) is 79.8 cm³/mol. The second-order valence-corrected chi connectivity index (χ2v) is 5.36. The normalized spacial score (nSPS) is 20.9. The summed E-state index contributed by atoms with van der Waals surface area (Å²) in [7, 11) is 0. The fourth-order valence-corrected chi connectivity index (χ4v) is 3.03. The summed E-state index contributed by atoms with van der Waals surface area (Å²) >= 11 is 0. The van der Waals surface area contributed by atoms with Crippen LogP contribution in [0.15, 0.2) is 24.3 Å². The SMILES string of the molecule is CCN(C1CCCNC1)C(C)c1ccc([N+](=O)[O-])cc1. The molecule has 1 aromatic carbocycles. The van der Waals surface area contributed by atoms with Gasteiger partial charge in [-0.1, -0.05) is 19.1 Å². The standard InChI is InChI=1S/C15H23N3O2/c1-3-17(15-5-4-10-16-11-15)12(2)13-6-8-14(9-7-13)18(19)20/h6-9,12,15-16H,3-5,10-11H2,1-2H3. The Kier molecular flexibility index (Phi) is 5.09. The van der Waals surface area contributed by atoms with Crippen LogP contribution in [0.4, 0.5) is 5.69 Å². The second-order valence-electron chi connectivity index (χ2n) is 5.36. The number of rotatable bonds is 5. The number of nitrogens with zero attached hydrogens (tertiary/aromatic N) is 2. The lowest BCUT2D eigenvalue weighted by molar-refractivity contribution is -0.384. The summed E-state index contributed by atoms with van der Waals surface area (Å²) < 4.78 is 0. The van der Waals surface area contributed by atoms with Gasteiger partial charge in [-0.15, -0.1) is 0 Å². The first-order chi connectivity index (χ1) is 9.63. The molecule has 0 amide bonds. The van der Waals surface area contributed by atoms with Crippen molar-refractivity contribution in [2.24, 2.45) is 0 Å². The third kappa shape index (κ3) is 3.35. The maximum Gasteiger partial charge on any atom is 0.269 e. The fourth-order valence-electron chi connectivity index (χ4n) is 3.03. The minimum absolute atomic E-state index is 0.156. The van der Waals surface area contributed by atoms with Gasteiger partial charge in [-0.3, -0.25) is 15.0 Å². The Morgan fingerprint density at radius 1 is 1.45 bits per heavy atom. The molecule has 1 N–H and O–H groups in total. The molecule has 110 valence electrons. The van der Waals surface area contributed by atoms with Gasteiger partial charge in [0.15, 0.2) is 0 Å². The van der Waals surface area contributed by atoms with Crippen molar-refractivity contribution in [3.63, 3.8) is 0 Å². The Labute approximate surface area is 120 Å². The zero-order chi connectivity index (χ0) is 14.5. The van der Waals surface area contributed by atoms with Crippen molar-refractivity contribution in [2.45, 2.75) is 38.8 Å². The highest BCUT2D eigenvalue weighted by molar-refractivity contribution is 5.34. The first-order valence-electron chi connectivity index (χ1n) is 7.34. The average molecular weight is 277 g/mol. The van der Waals surface area contributed by atoms with Gasteiger partial charge in [-0.05, 0) is 38.4 Å². The zero-order valence-electron chi connectivity index (χ0n) is 12.2. The summed E-state index contributed by atoms with van der Waals surface area (Å²) in [6, 6.07) is 7.78. The molecule has 1 heterocycles. The van der Waals surface area contributed by atoms with Crippen LogP contribution in [-0.2, 0) is 0 Å². The predicted octanol–water partition coefficient (Wildman–Crippen LogP) is 2.73. The van der Waals surface area contributed by atoms with Gasteiger partial charge in [0.25, 0.3) is 5.69 Å². The van der Waals surface area contributed by atoms with E-state index in [4.69, 9.17) is 0 Å². The Morgan fingerprint density at radius 2 is 2.15 bits per heavy atom. The molecule has 0 saturated carbocycles. The molecular weight excluding hydrogens is 254 g/mol. The number of hydrogen-bond acceptors (Lipinski definition) is 4. The molecule has 1 aromatic rings. The highest BCUT2D eigenvalue weighted by Crippen LogP contribution is 2.26. The molecule has 1 saturated heterocycles. The van der Waals surface area contributed by atoms with Crippen LogP contribution in [0.1, 0.15) is 38.3 Å². The molecule has 0 bridgehead atoms. The number of nitrogens with one attached hydrogen (secondary N) is 1. The number of benzene rings is 1. The van der Waals surface area contributed by atoms with Crippen LogP contribution < -0.4 is 5.32 Å². The summed E-state index contributed by atoms with van der Waals surface area (Å²) in [6.45, 7) is 7.49. The summed E-state index contributed by atoms with van der Waals surface area (Å²) in [4.78, 5) is 12.8. The summed E-state index contributed by atoms with van der Waals surface area (Å²) in [5, 5.41) is 14.2. The number of piperidine rings is 1. The van der Waals surface area contributed by atoms with E-state index in [2.05, 4.69) is 24.1 Å². The van der Waals surface area contributed by atoms with Crippen molar-refractivity contribution in [3.05, 3.63) is 39.9 Å². The molecule has 0 spiro atoms. The lowest BCUT2D eigenvalue weighted by atomic mass is 10.00. The van der Waals surface area contributed by atoms with Crippen molar-refractivity contribution < 1.29 is 4.92 Å². The van der Waals surface area contributed by atoms with Gasteiger partial charge in [0.05, 0.1) is 4.92 Å². The lowest BCUT2D eigenvalue weighted by Gasteiger charge is -2.38. The molecule has 2 rings (SSSR count). The molecule has 1 fully saturated rings. The lowest BCUT2D eigenvalue weighted by Crippen LogP contribution is -2.46. The van der Waals surface area contributed by atoms with E-state index in [9.17, 15) is 10.1 Å². The molecule has 2 unspecified atom stereocenters. The largest absolute Gasteiger partial charge is 0.315 e. The van der Waals surface area contributed by atoms with Gasteiger partial charge in [-0.2, -0.15) is 0 Å². The van der Waals surface area contributed by atoms with Gasteiger partial charge in [-0.25, -0.2) is 0 Å². The van der Waals surface area contributed by atoms with E-state index in [1.807, 2.05) is 12.1 Å². The molecule has 2 atom stereocenters. The number of nitro benzene ring substituents is 1. The maximum absolute atomic E-state index is 10.7. The van der Waals surface area contributed by atoms with Crippen molar-refractivity contribution in [2.75, 3.05) is 19.6 Å². The van der Waals surface area contributed by atoms with E-state index in [0.29, 0.717) is 6.04 Å². The van der Waals surface area contributed by atoms with E-state index in [0.717, 1.165) is 25.2 Å².